The first-order chi connectivity index (χ1) is 13.7. The number of carboxylic acids is 1. The van der Waals surface area contributed by atoms with Gasteiger partial charge in [0.2, 0.25) is 11.8 Å². The molecule has 1 aliphatic rings. The summed E-state index contributed by atoms with van der Waals surface area (Å²) in [5.74, 6) is -2.63. The molecule has 0 bridgehead atoms. The molecule has 29 heavy (non-hydrogen) atoms. The maximum Gasteiger partial charge on any atom is 0.326 e. The van der Waals surface area contributed by atoms with Crippen molar-refractivity contribution in [2.75, 3.05) is 6.61 Å². The number of carbonyl (C=O) groups is 4. The molecule has 0 saturated carbocycles. The summed E-state index contributed by atoms with van der Waals surface area (Å²) in [7, 11) is 0. The fourth-order valence-corrected chi connectivity index (χ4v) is 2.96. The van der Waals surface area contributed by atoms with Gasteiger partial charge in [-0.05, 0) is 31.4 Å². The molecular weight excluding hydrogens is 378 g/mol. The van der Waals surface area contributed by atoms with Gasteiger partial charge in [0.25, 0.3) is 5.91 Å². The van der Waals surface area contributed by atoms with Gasteiger partial charge in [-0.1, -0.05) is 26.0 Å². The van der Waals surface area contributed by atoms with Gasteiger partial charge < -0.3 is 25.8 Å². The predicted molar refractivity (Wildman–Crippen MR) is 104 cm³/mol. The number of benzene rings is 1. The van der Waals surface area contributed by atoms with Gasteiger partial charge in [-0.15, -0.1) is 0 Å². The Balaban J connectivity index is 2.34. The number of amides is 3. The van der Waals surface area contributed by atoms with Crippen molar-refractivity contribution in [2.45, 2.75) is 51.7 Å². The highest BCUT2D eigenvalue weighted by atomic mass is 16.5. The molecule has 3 amide bonds. The lowest BCUT2D eigenvalue weighted by Crippen LogP contribution is -2.52. The zero-order valence-corrected chi connectivity index (χ0v) is 16.7. The summed E-state index contributed by atoms with van der Waals surface area (Å²) in [5.41, 5.74) is 0.146. The Morgan fingerprint density at radius 1 is 1.17 bits per heavy atom. The highest BCUT2D eigenvalue weighted by Gasteiger charge is 2.29. The quantitative estimate of drug-likeness (QED) is 0.585. The largest absolute Gasteiger partial charge is 0.491 e. The number of nitrogens with one attached hydrogen (secondary N) is 3. The van der Waals surface area contributed by atoms with E-state index in [0.717, 1.165) is 0 Å². The van der Waals surface area contributed by atoms with Crippen LogP contribution in [0.5, 0.6) is 5.75 Å². The summed E-state index contributed by atoms with van der Waals surface area (Å²) in [5, 5.41) is 17.2. The van der Waals surface area contributed by atoms with E-state index in [-0.39, 0.29) is 35.8 Å². The number of hydrogen-bond donors (Lipinski definition) is 4. The van der Waals surface area contributed by atoms with Crippen LogP contribution in [0.15, 0.2) is 24.3 Å². The summed E-state index contributed by atoms with van der Waals surface area (Å²) in [6, 6.07) is 3.75. The third kappa shape index (κ3) is 6.48. The lowest BCUT2D eigenvalue weighted by atomic mass is 10.0. The molecule has 0 saturated heterocycles. The Kier molecular flexibility index (Phi) is 7.58. The van der Waals surface area contributed by atoms with E-state index in [1.54, 1.807) is 25.1 Å². The molecule has 1 aliphatic heterocycles. The number of hydrogen-bond acceptors (Lipinski definition) is 5. The molecule has 9 heteroatoms. The lowest BCUT2D eigenvalue weighted by molar-refractivity contribution is -0.141. The van der Waals surface area contributed by atoms with Crippen LogP contribution in [0.1, 0.15) is 44.0 Å². The molecule has 1 aromatic rings. The second kappa shape index (κ2) is 9.90. The molecule has 0 aromatic heterocycles. The first-order valence-corrected chi connectivity index (χ1v) is 9.52. The maximum absolute atomic E-state index is 12.6. The Bertz CT molecular complexity index is 779. The molecule has 2 rings (SSSR count). The van der Waals surface area contributed by atoms with E-state index in [0.29, 0.717) is 6.42 Å². The van der Waals surface area contributed by atoms with Crippen LogP contribution in [-0.2, 0) is 14.4 Å². The third-order valence-corrected chi connectivity index (χ3v) is 4.36. The molecule has 0 unspecified atom stereocenters. The summed E-state index contributed by atoms with van der Waals surface area (Å²) in [4.78, 5) is 49.2. The minimum Gasteiger partial charge on any atom is -0.491 e. The van der Waals surface area contributed by atoms with E-state index in [9.17, 15) is 24.3 Å². The SMILES string of the molecule is CC(C)C[C@@H]1NC(=O)C[C@@H](C(=O)O)NC(=O)c2ccccc2OC[C@H](C)NC1=O. The van der Waals surface area contributed by atoms with Crippen molar-refractivity contribution in [2.24, 2.45) is 5.92 Å². The van der Waals surface area contributed by atoms with Crippen molar-refractivity contribution in [3.8, 4) is 5.75 Å². The van der Waals surface area contributed by atoms with Crippen molar-refractivity contribution < 1.29 is 29.0 Å². The molecule has 0 fully saturated rings. The van der Waals surface area contributed by atoms with Gasteiger partial charge in [-0.25, -0.2) is 4.79 Å². The Labute approximate surface area is 169 Å². The monoisotopic (exact) mass is 405 g/mol. The molecule has 0 aliphatic carbocycles. The summed E-state index contributed by atoms with van der Waals surface area (Å²) in [6.07, 6.45) is -0.112. The minimum atomic E-state index is -1.44. The normalized spacial score (nSPS) is 23.7. The Morgan fingerprint density at radius 3 is 2.52 bits per heavy atom. The van der Waals surface area contributed by atoms with E-state index in [2.05, 4.69) is 16.0 Å². The molecule has 158 valence electrons. The van der Waals surface area contributed by atoms with Crippen molar-refractivity contribution >= 4 is 23.7 Å². The zero-order chi connectivity index (χ0) is 21.6. The molecule has 1 aromatic carbocycles. The molecule has 0 radical (unpaired) electrons. The van der Waals surface area contributed by atoms with Gasteiger partial charge in [0.1, 0.15) is 24.4 Å². The minimum absolute atomic E-state index is 0.0980. The fraction of sp³-hybridized carbons (Fsp3) is 0.500. The van der Waals surface area contributed by atoms with Gasteiger partial charge in [0, 0.05) is 0 Å². The van der Waals surface area contributed by atoms with E-state index in [1.165, 1.54) is 6.07 Å². The van der Waals surface area contributed by atoms with Crippen LogP contribution >= 0.6 is 0 Å². The topological polar surface area (TPSA) is 134 Å². The van der Waals surface area contributed by atoms with E-state index >= 15 is 0 Å². The number of carboxylic acid groups (broad SMARTS) is 1. The molecule has 0 spiro atoms. The Morgan fingerprint density at radius 2 is 1.86 bits per heavy atom. The highest BCUT2D eigenvalue weighted by Crippen LogP contribution is 2.19. The fourth-order valence-electron chi connectivity index (χ4n) is 2.96. The number of ether oxygens (including phenoxy) is 1. The smallest absolute Gasteiger partial charge is 0.326 e. The van der Waals surface area contributed by atoms with Gasteiger partial charge in [-0.2, -0.15) is 0 Å². The van der Waals surface area contributed by atoms with Gasteiger partial charge >= 0.3 is 5.97 Å². The van der Waals surface area contributed by atoms with Crippen LogP contribution in [0.3, 0.4) is 0 Å². The van der Waals surface area contributed by atoms with Crippen molar-refractivity contribution in [3.63, 3.8) is 0 Å². The number of aliphatic carboxylic acids is 1. The molecule has 4 N–H and O–H groups in total. The van der Waals surface area contributed by atoms with Gasteiger partial charge in [-0.3, -0.25) is 14.4 Å². The summed E-state index contributed by atoms with van der Waals surface area (Å²) in [6.45, 7) is 5.67. The lowest BCUT2D eigenvalue weighted by Gasteiger charge is -2.25. The molecule has 1 heterocycles. The number of para-hydroxylation sites is 1. The van der Waals surface area contributed by atoms with Crippen molar-refractivity contribution in [3.05, 3.63) is 29.8 Å². The summed E-state index contributed by atoms with van der Waals surface area (Å²) < 4.78 is 5.69. The molecule has 3 atom stereocenters. The predicted octanol–water partition coefficient (Wildman–Crippen LogP) is 0.688. The first kappa shape index (κ1) is 22.2. The van der Waals surface area contributed by atoms with Crippen LogP contribution in [0.2, 0.25) is 0 Å². The average Bonchev–Trinajstić information content (AvgIpc) is 2.64. The van der Waals surface area contributed by atoms with Gasteiger partial charge in [0.05, 0.1) is 18.0 Å². The first-order valence-electron chi connectivity index (χ1n) is 9.52. The van der Waals surface area contributed by atoms with Crippen LogP contribution in [0.4, 0.5) is 0 Å². The number of rotatable bonds is 3. The van der Waals surface area contributed by atoms with Crippen LogP contribution in [0, 0.1) is 5.92 Å². The van der Waals surface area contributed by atoms with E-state index in [4.69, 9.17) is 4.74 Å². The second-order valence-corrected chi connectivity index (χ2v) is 7.53. The van der Waals surface area contributed by atoms with Crippen LogP contribution < -0.4 is 20.7 Å². The van der Waals surface area contributed by atoms with Crippen LogP contribution in [-0.4, -0.2) is 53.5 Å². The third-order valence-electron chi connectivity index (χ3n) is 4.36. The van der Waals surface area contributed by atoms with Crippen LogP contribution in [0.25, 0.3) is 0 Å². The highest BCUT2D eigenvalue weighted by molar-refractivity contribution is 6.00. The number of fused-ring (bicyclic) bond motifs is 1. The van der Waals surface area contributed by atoms with E-state index < -0.39 is 36.3 Å². The standard InChI is InChI=1S/C20H27N3O6/c1-11(2)8-14-19(26)21-12(3)10-29-16-7-5-4-6-13(16)18(25)23-15(20(27)28)9-17(24)22-14/h4-7,11-12,14-15H,8-10H2,1-3H3,(H,21,26)(H,22,24)(H,23,25)(H,27,28)/t12-,14-,15-/m0/s1. The number of carbonyl (C=O) groups excluding carboxylic acids is 3. The average molecular weight is 405 g/mol. The zero-order valence-electron chi connectivity index (χ0n) is 16.7. The maximum atomic E-state index is 12.6. The second-order valence-electron chi connectivity index (χ2n) is 7.53. The van der Waals surface area contributed by atoms with Crippen molar-refractivity contribution in [1.29, 1.82) is 0 Å². The molecule has 9 nitrogen and oxygen atoms in total. The Hall–Kier alpha value is -3.10. The molecular formula is C20H27N3O6. The summed E-state index contributed by atoms with van der Waals surface area (Å²) >= 11 is 0. The van der Waals surface area contributed by atoms with Crippen molar-refractivity contribution in [1.82, 2.24) is 16.0 Å². The van der Waals surface area contributed by atoms with Gasteiger partial charge in [0.15, 0.2) is 0 Å². The van der Waals surface area contributed by atoms with E-state index in [1.807, 2.05) is 13.8 Å².